The highest BCUT2D eigenvalue weighted by atomic mass is 16.5. The number of carboxylic acids is 1. The molecule has 0 saturated heterocycles. The summed E-state index contributed by atoms with van der Waals surface area (Å²) in [6, 6.07) is 9.42. The molecular formula is C15H21NO5. The van der Waals surface area contributed by atoms with Crippen LogP contribution in [0.25, 0.3) is 0 Å². The number of nitrogens with one attached hydrogen (secondary N) is 1. The van der Waals surface area contributed by atoms with E-state index in [1.165, 1.54) is 14.0 Å². The van der Waals surface area contributed by atoms with Crippen molar-refractivity contribution < 1.29 is 24.5 Å². The van der Waals surface area contributed by atoms with Gasteiger partial charge in [-0.25, -0.2) is 0 Å². The zero-order valence-electron chi connectivity index (χ0n) is 12.2. The minimum atomic E-state index is -1.68. The number of aliphatic hydroxyl groups is 1. The van der Waals surface area contributed by atoms with Crippen molar-refractivity contribution in [2.45, 2.75) is 26.1 Å². The lowest BCUT2D eigenvalue weighted by Gasteiger charge is -2.25. The second-order valence-electron chi connectivity index (χ2n) is 5.08. The van der Waals surface area contributed by atoms with E-state index in [1.807, 2.05) is 30.3 Å². The van der Waals surface area contributed by atoms with Crippen LogP contribution in [0.3, 0.4) is 0 Å². The van der Waals surface area contributed by atoms with E-state index in [2.05, 4.69) is 5.32 Å². The van der Waals surface area contributed by atoms with Gasteiger partial charge in [0.2, 0.25) is 5.91 Å². The van der Waals surface area contributed by atoms with Crippen molar-refractivity contribution in [1.29, 1.82) is 0 Å². The van der Waals surface area contributed by atoms with Crippen molar-refractivity contribution in [3.8, 4) is 0 Å². The molecule has 0 spiro atoms. The first kappa shape index (κ1) is 17.1. The minimum absolute atomic E-state index is 0.0330. The lowest BCUT2D eigenvalue weighted by atomic mass is 9.83. The zero-order chi connectivity index (χ0) is 15.9. The van der Waals surface area contributed by atoms with Gasteiger partial charge in [0, 0.05) is 13.5 Å². The first-order chi connectivity index (χ1) is 9.90. The van der Waals surface area contributed by atoms with E-state index in [9.17, 15) is 19.8 Å². The summed E-state index contributed by atoms with van der Waals surface area (Å²) in [6.07, 6.45) is -1.25. The number of hydrogen-bond acceptors (Lipinski definition) is 4. The Labute approximate surface area is 123 Å². The fourth-order valence-electron chi connectivity index (χ4n) is 1.97. The summed E-state index contributed by atoms with van der Waals surface area (Å²) in [4.78, 5) is 22.9. The third kappa shape index (κ3) is 4.84. The summed E-state index contributed by atoms with van der Waals surface area (Å²) in [5.41, 5.74) is -0.721. The van der Waals surface area contributed by atoms with E-state index in [0.29, 0.717) is 6.61 Å². The Bertz CT molecular complexity index is 476. The largest absolute Gasteiger partial charge is 0.480 e. The van der Waals surface area contributed by atoms with Crippen molar-refractivity contribution in [1.82, 2.24) is 5.32 Å². The van der Waals surface area contributed by atoms with Crippen LogP contribution >= 0.6 is 0 Å². The molecule has 0 aliphatic carbocycles. The highest BCUT2D eigenvalue weighted by Crippen LogP contribution is 2.24. The summed E-state index contributed by atoms with van der Waals surface area (Å²) in [7, 11) is 1.36. The van der Waals surface area contributed by atoms with Gasteiger partial charge in [0.15, 0.2) is 0 Å². The number of benzene rings is 1. The molecule has 0 aliphatic rings. The average Bonchev–Trinajstić information content (AvgIpc) is 2.47. The van der Waals surface area contributed by atoms with Crippen LogP contribution in [0.15, 0.2) is 30.3 Å². The highest BCUT2D eigenvalue weighted by Gasteiger charge is 2.42. The summed E-state index contributed by atoms with van der Waals surface area (Å²) in [5.74, 6) is -1.92. The zero-order valence-corrected chi connectivity index (χ0v) is 12.2. The fraction of sp³-hybridized carbons (Fsp3) is 0.467. The molecule has 0 aliphatic heterocycles. The maximum Gasteiger partial charge on any atom is 0.319 e. The van der Waals surface area contributed by atoms with E-state index in [1.54, 1.807) is 0 Å². The van der Waals surface area contributed by atoms with Gasteiger partial charge in [-0.3, -0.25) is 9.59 Å². The van der Waals surface area contributed by atoms with Gasteiger partial charge in [0.25, 0.3) is 0 Å². The van der Waals surface area contributed by atoms with Crippen LogP contribution in [-0.4, -0.2) is 41.8 Å². The number of carbonyl (C=O) groups excluding carboxylic acids is 1. The van der Waals surface area contributed by atoms with Crippen molar-refractivity contribution in [2.24, 2.45) is 5.41 Å². The van der Waals surface area contributed by atoms with Gasteiger partial charge in [0.1, 0.15) is 5.41 Å². The first-order valence-electron chi connectivity index (χ1n) is 6.65. The molecule has 0 bridgehead atoms. The Morgan fingerprint density at radius 2 is 1.95 bits per heavy atom. The SMILES string of the molecule is CNC(=O)C(C)(CC(O)COCc1ccccc1)C(=O)O. The minimum Gasteiger partial charge on any atom is -0.480 e. The Balaban J connectivity index is 2.49. The van der Waals surface area contributed by atoms with Crippen molar-refractivity contribution in [3.05, 3.63) is 35.9 Å². The van der Waals surface area contributed by atoms with Gasteiger partial charge in [-0.2, -0.15) is 0 Å². The van der Waals surface area contributed by atoms with E-state index in [4.69, 9.17) is 4.74 Å². The fourth-order valence-corrected chi connectivity index (χ4v) is 1.97. The lowest BCUT2D eigenvalue weighted by molar-refractivity contribution is -0.157. The topological polar surface area (TPSA) is 95.9 Å². The smallest absolute Gasteiger partial charge is 0.319 e. The Morgan fingerprint density at radius 3 is 2.48 bits per heavy atom. The Hall–Kier alpha value is -1.92. The van der Waals surface area contributed by atoms with Crippen LogP contribution in [-0.2, 0) is 20.9 Å². The molecule has 116 valence electrons. The van der Waals surface area contributed by atoms with Crippen LogP contribution in [0.1, 0.15) is 18.9 Å². The van der Waals surface area contributed by atoms with Gasteiger partial charge in [-0.15, -0.1) is 0 Å². The van der Waals surface area contributed by atoms with E-state index in [-0.39, 0.29) is 13.0 Å². The Morgan fingerprint density at radius 1 is 1.33 bits per heavy atom. The van der Waals surface area contributed by atoms with E-state index in [0.717, 1.165) is 5.56 Å². The standard InChI is InChI=1S/C15H21NO5/c1-15(14(19)20,13(18)16-2)8-12(17)10-21-9-11-6-4-3-5-7-11/h3-7,12,17H,8-10H2,1-2H3,(H,16,18)(H,19,20). The molecule has 1 aromatic carbocycles. The first-order valence-corrected chi connectivity index (χ1v) is 6.65. The van der Waals surface area contributed by atoms with Gasteiger partial charge < -0.3 is 20.3 Å². The number of aliphatic hydroxyl groups excluding tert-OH is 1. The van der Waals surface area contributed by atoms with Crippen LogP contribution < -0.4 is 5.32 Å². The third-order valence-corrected chi connectivity index (χ3v) is 3.27. The van der Waals surface area contributed by atoms with Crippen LogP contribution in [0.2, 0.25) is 0 Å². The number of amides is 1. The van der Waals surface area contributed by atoms with Crippen LogP contribution in [0.5, 0.6) is 0 Å². The lowest BCUT2D eigenvalue weighted by Crippen LogP contribution is -2.45. The number of carboxylic acid groups (broad SMARTS) is 1. The second kappa shape index (κ2) is 7.75. The quantitative estimate of drug-likeness (QED) is 0.616. The van der Waals surface area contributed by atoms with Crippen LogP contribution in [0, 0.1) is 5.41 Å². The molecule has 0 heterocycles. The number of ether oxygens (including phenoxy) is 1. The molecule has 6 heteroatoms. The Kier molecular flexibility index (Phi) is 6.33. The van der Waals surface area contributed by atoms with Crippen molar-refractivity contribution in [3.63, 3.8) is 0 Å². The molecule has 1 rings (SSSR count). The molecule has 0 aromatic heterocycles. The number of hydrogen-bond donors (Lipinski definition) is 3. The predicted molar refractivity (Wildman–Crippen MR) is 76.5 cm³/mol. The predicted octanol–water partition coefficient (Wildman–Crippen LogP) is 0.791. The molecule has 3 N–H and O–H groups in total. The monoisotopic (exact) mass is 295 g/mol. The molecule has 2 atom stereocenters. The summed E-state index contributed by atoms with van der Waals surface area (Å²) < 4.78 is 5.35. The molecule has 1 aromatic rings. The molecule has 2 unspecified atom stereocenters. The summed E-state index contributed by atoms with van der Waals surface area (Å²) in [6.45, 7) is 1.57. The molecule has 0 fully saturated rings. The van der Waals surface area contributed by atoms with Crippen molar-refractivity contribution in [2.75, 3.05) is 13.7 Å². The molecule has 0 radical (unpaired) electrons. The van der Waals surface area contributed by atoms with E-state index >= 15 is 0 Å². The number of aliphatic carboxylic acids is 1. The number of carbonyl (C=O) groups is 2. The van der Waals surface area contributed by atoms with Crippen LogP contribution in [0.4, 0.5) is 0 Å². The van der Waals surface area contributed by atoms with Gasteiger partial charge in [-0.05, 0) is 12.5 Å². The molecular weight excluding hydrogens is 274 g/mol. The van der Waals surface area contributed by atoms with Gasteiger partial charge >= 0.3 is 5.97 Å². The summed E-state index contributed by atoms with van der Waals surface area (Å²) in [5, 5.41) is 21.4. The summed E-state index contributed by atoms with van der Waals surface area (Å²) >= 11 is 0. The maximum absolute atomic E-state index is 11.7. The van der Waals surface area contributed by atoms with Crippen molar-refractivity contribution >= 4 is 11.9 Å². The second-order valence-corrected chi connectivity index (χ2v) is 5.08. The molecule has 1 amide bonds. The highest BCUT2D eigenvalue weighted by molar-refractivity contribution is 6.01. The normalized spacial score (nSPS) is 15.0. The number of rotatable bonds is 8. The maximum atomic E-state index is 11.7. The molecule has 6 nitrogen and oxygen atoms in total. The molecule has 21 heavy (non-hydrogen) atoms. The van der Waals surface area contributed by atoms with Gasteiger partial charge in [0.05, 0.1) is 19.3 Å². The van der Waals surface area contributed by atoms with E-state index < -0.39 is 23.4 Å². The average molecular weight is 295 g/mol. The third-order valence-electron chi connectivity index (χ3n) is 3.27. The van der Waals surface area contributed by atoms with Gasteiger partial charge in [-0.1, -0.05) is 30.3 Å². The molecule has 0 saturated carbocycles.